The molecule has 2 heteroatoms. The van der Waals surface area contributed by atoms with Gasteiger partial charge < -0.3 is 10.2 Å². The number of hydrogen-bond donors (Lipinski definition) is 2. The maximum Gasteiger partial charge on any atom is 0.0651 e. The van der Waals surface area contributed by atoms with Crippen molar-refractivity contribution in [1.29, 1.82) is 0 Å². The molecular weight excluding hydrogens is 260 g/mol. The van der Waals surface area contributed by atoms with E-state index in [2.05, 4.69) is 32.9 Å². The summed E-state index contributed by atoms with van der Waals surface area (Å²) in [5, 5.41) is 20.4. The topological polar surface area (TPSA) is 40.5 Å². The number of aliphatic hydroxyl groups is 2. The molecule has 0 heterocycles. The molecule has 2 rings (SSSR count). The summed E-state index contributed by atoms with van der Waals surface area (Å²) in [6.07, 6.45) is 10.2. The zero-order chi connectivity index (χ0) is 15.8. The summed E-state index contributed by atoms with van der Waals surface area (Å²) in [5.41, 5.74) is -0.348. The highest BCUT2D eigenvalue weighted by Gasteiger charge is 2.51. The molecule has 0 aromatic rings. The first-order valence-electron chi connectivity index (χ1n) is 8.75. The van der Waals surface area contributed by atoms with Crippen molar-refractivity contribution in [3.63, 3.8) is 0 Å². The molecule has 2 fully saturated rings. The van der Waals surface area contributed by atoms with E-state index in [9.17, 15) is 10.2 Å². The minimum absolute atomic E-state index is 0.0831. The second-order valence-corrected chi connectivity index (χ2v) is 8.44. The van der Waals surface area contributed by atoms with Crippen molar-refractivity contribution in [2.24, 2.45) is 29.1 Å². The van der Waals surface area contributed by atoms with Gasteiger partial charge in [0.15, 0.2) is 0 Å². The van der Waals surface area contributed by atoms with Gasteiger partial charge in [-0.15, -0.1) is 0 Å². The Balaban J connectivity index is 2.06. The quantitative estimate of drug-likeness (QED) is 0.764. The number of rotatable bonds is 4. The highest BCUT2D eigenvalue weighted by atomic mass is 16.3. The molecule has 2 saturated carbocycles. The van der Waals surface area contributed by atoms with Gasteiger partial charge in [0.1, 0.15) is 0 Å². The van der Waals surface area contributed by atoms with Gasteiger partial charge in [-0.1, -0.05) is 39.3 Å². The lowest BCUT2D eigenvalue weighted by atomic mass is 9.62. The van der Waals surface area contributed by atoms with E-state index in [4.69, 9.17) is 0 Å². The lowest BCUT2D eigenvalue weighted by Crippen LogP contribution is -2.41. The monoisotopic (exact) mass is 294 g/mol. The molecule has 2 aliphatic rings. The van der Waals surface area contributed by atoms with E-state index in [-0.39, 0.29) is 12.0 Å². The van der Waals surface area contributed by atoms with E-state index in [0.717, 1.165) is 6.42 Å². The average Bonchev–Trinajstić information content (AvgIpc) is 2.73. The van der Waals surface area contributed by atoms with E-state index in [1.807, 2.05) is 13.8 Å². The Kier molecular flexibility index (Phi) is 4.90. The fraction of sp³-hybridized carbons (Fsp3) is 0.895. The second-order valence-electron chi connectivity index (χ2n) is 8.44. The first kappa shape index (κ1) is 17.0. The molecule has 6 atom stereocenters. The largest absolute Gasteiger partial charge is 0.393 e. The summed E-state index contributed by atoms with van der Waals surface area (Å²) in [4.78, 5) is 0. The van der Waals surface area contributed by atoms with Gasteiger partial charge in [0.25, 0.3) is 0 Å². The van der Waals surface area contributed by atoms with Gasteiger partial charge in [-0.05, 0) is 62.7 Å². The summed E-state index contributed by atoms with van der Waals surface area (Å²) >= 11 is 0. The van der Waals surface area contributed by atoms with Crippen LogP contribution in [-0.2, 0) is 0 Å². The van der Waals surface area contributed by atoms with Crippen LogP contribution in [0, 0.1) is 29.1 Å². The van der Waals surface area contributed by atoms with E-state index in [1.165, 1.54) is 25.7 Å². The summed E-state index contributed by atoms with van der Waals surface area (Å²) < 4.78 is 0. The van der Waals surface area contributed by atoms with Crippen LogP contribution in [0.3, 0.4) is 0 Å². The third-order valence-electron chi connectivity index (χ3n) is 6.61. The van der Waals surface area contributed by atoms with Gasteiger partial charge >= 0.3 is 0 Å². The molecule has 0 unspecified atom stereocenters. The molecule has 2 aliphatic carbocycles. The summed E-state index contributed by atoms with van der Waals surface area (Å²) in [6.45, 7) is 10.5. The molecule has 122 valence electrons. The van der Waals surface area contributed by atoms with Crippen LogP contribution in [0.5, 0.6) is 0 Å². The van der Waals surface area contributed by atoms with Crippen molar-refractivity contribution in [2.75, 3.05) is 0 Å². The standard InChI is InChI=1S/C19H34O2/c1-13(8-9-14(2)18(3,4)21)15-10-11-16-17(20)7-6-12-19(15,16)5/h8-9,13-17,20-21H,6-7,10-12H2,1-5H3/b9-8+/t13-,14-,15-,16+,17+,19-/m1/s1. The Morgan fingerprint density at radius 2 is 1.81 bits per heavy atom. The number of hydrogen-bond acceptors (Lipinski definition) is 2. The van der Waals surface area contributed by atoms with Crippen LogP contribution in [-0.4, -0.2) is 21.9 Å². The minimum atomic E-state index is -0.653. The van der Waals surface area contributed by atoms with Crippen molar-refractivity contribution < 1.29 is 10.2 Å². The van der Waals surface area contributed by atoms with E-state index in [1.54, 1.807) is 0 Å². The van der Waals surface area contributed by atoms with Crippen LogP contribution in [0.2, 0.25) is 0 Å². The SMILES string of the molecule is C[C@H](/C=C/[C@@H](C)C(C)(C)O)[C@H]1CC[C@H]2[C@@H](O)CCC[C@]12C. The van der Waals surface area contributed by atoms with Crippen LogP contribution >= 0.6 is 0 Å². The lowest BCUT2D eigenvalue weighted by molar-refractivity contribution is -0.0232. The van der Waals surface area contributed by atoms with Crippen LogP contribution in [0.25, 0.3) is 0 Å². The molecule has 0 spiro atoms. The summed E-state index contributed by atoms with van der Waals surface area (Å²) in [6, 6.07) is 0. The van der Waals surface area contributed by atoms with Crippen LogP contribution in [0.4, 0.5) is 0 Å². The van der Waals surface area contributed by atoms with Crippen LogP contribution < -0.4 is 0 Å². The lowest BCUT2D eigenvalue weighted by Gasteiger charge is -2.44. The van der Waals surface area contributed by atoms with E-state index >= 15 is 0 Å². The number of allylic oxidation sites excluding steroid dienone is 1. The van der Waals surface area contributed by atoms with E-state index in [0.29, 0.717) is 23.2 Å². The van der Waals surface area contributed by atoms with Gasteiger partial charge in [-0.2, -0.15) is 0 Å². The smallest absolute Gasteiger partial charge is 0.0651 e. The molecule has 0 amide bonds. The van der Waals surface area contributed by atoms with Gasteiger partial charge in [0, 0.05) is 5.92 Å². The molecule has 2 N–H and O–H groups in total. The minimum Gasteiger partial charge on any atom is -0.393 e. The fourth-order valence-corrected chi connectivity index (χ4v) is 4.76. The fourth-order valence-electron chi connectivity index (χ4n) is 4.76. The first-order chi connectivity index (χ1) is 9.66. The molecular formula is C19H34O2. The Hall–Kier alpha value is -0.340. The van der Waals surface area contributed by atoms with Crippen molar-refractivity contribution in [2.45, 2.75) is 78.4 Å². The van der Waals surface area contributed by atoms with E-state index < -0.39 is 5.60 Å². The Morgan fingerprint density at radius 1 is 1.14 bits per heavy atom. The van der Waals surface area contributed by atoms with Crippen molar-refractivity contribution >= 4 is 0 Å². The molecule has 0 aromatic carbocycles. The molecule has 0 aliphatic heterocycles. The predicted octanol–water partition coefficient (Wildman–Crippen LogP) is 4.16. The maximum atomic E-state index is 10.3. The second kappa shape index (κ2) is 6.04. The van der Waals surface area contributed by atoms with Crippen molar-refractivity contribution in [3.05, 3.63) is 12.2 Å². The van der Waals surface area contributed by atoms with Gasteiger partial charge in [-0.25, -0.2) is 0 Å². The average molecular weight is 294 g/mol. The van der Waals surface area contributed by atoms with Crippen LogP contribution in [0.1, 0.15) is 66.7 Å². The van der Waals surface area contributed by atoms with Gasteiger partial charge in [-0.3, -0.25) is 0 Å². The Morgan fingerprint density at radius 3 is 2.43 bits per heavy atom. The first-order valence-corrected chi connectivity index (χ1v) is 8.75. The third kappa shape index (κ3) is 3.37. The zero-order valence-corrected chi connectivity index (χ0v) is 14.5. The van der Waals surface area contributed by atoms with Gasteiger partial charge in [0.05, 0.1) is 11.7 Å². The molecule has 0 saturated heterocycles. The molecule has 2 nitrogen and oxygen atoms in total. The number of aliphatic hydroxyl groups excluding tert-OH is 1. The molecule has 21 heavy (non-hydrogen) atoms. The maximum absolute atomic E-state index is 10.3. The van der Waals surface area contributed by atoms with Crippen molar-refractivity contribution in [3.8, 4) is 0 Å². The van der Waals surface area contributed by atoms with Gasteiger partial charge in [0.2, 0.25) is 0 Å². The number of fused-ring (bicyclic) bond motifs is 1. The van der Waals surface area contributed by atoms with Crippen molar-refractivity contribution in [1.82, 2.24) is 0 Å². The molecule has 0 radical (unpaired) electrons. The zero-order valence-electron chi connectivity index (χ0n) is 14.5. The normalized spacial score (nSPS) is 40.2. The Bertz CT molecular complexity index is 382. The predicted molar refractivity (Wildman–Crippen MR) is 87.9 cm³/mol. The third-order valence-corrected chi connectivity index (χ3v) is 6.61. The Labute approximate surface area is 130 Å². The highest BCUT2D eigenvalue weighted by molar-refractivity contribution is 5.06. The highest BCUT2D eigenvalue weighted by Crippen LogP contribution is 2.57. The summed E-state index contributed by atoms with van der Waals surface area (Å²) in [7, 11) is 0. The molecule has 0 bridgehead atoms. The summed E-state index contributed by atoms with van der Waals surface area (Å²) in [5.74, 6) is 1.86. The van der Waals surface area contributed by atoms with Crippen LogP contribution in [0.15, 0.2) is 12.2 Å². The molecule has 0 aromatic heterocycles.